The Morgan fingerprint density at radius 2 is 1.57 bits per heavy atom. The smallest absolute Gasteiger partial charge is 0.303 e. The number of rotatable bonds is 4. The number of ether oxygens (including phenoxy) is 4. The summed E-state index contributed by atoms with van der Waals surface area (Å²) >= 11 is 3.15. The van der Waals surface area contributed by atoms with Crippen molar-refractivity contribution in [3.05, 3.63) is 0 Å². The van der Waals surface area contributed by atoms with E-state index in [-0.39, 0.29) is 6.61 Å². The molecule has 1 heterocycles. The minimum atomic E-state index is -1.31. The topological polar surface area (TPSA) is 108 Å². The standard InChI is InChI=1S/C12H17BrO8/c1-5(14)18-4-8-9(17)10(19-6(2)15)11(12(13)21-8)20-7(3)16/h8-12,17H,4H2,1-3H3/t8?,9-,10?,11?,12+/m1/s1. The van der Waals surface area contributed by atoms with Crippen LogP contribution in [-0.2, 0) is 33.3 Å². The van der Waals surface area contributed by atoms with E-state index in [0.29, 0.717) is 0 Å². The Balaban J connectivity index is 2.87. The highest BCUT2D eigenvalue weighted by molar-refractivity contribution is 9.09. The molecule has 0 spiro atoms. The van der Waals surface area contributed by atoms with E-state index >= 15 is 0 Å². The Bertz CT molecular complexity index is 412. The molecule has 1 saturated heterocycles. The molecule has 9 heteroatoms. The van der Waals surface area contributed by atoms with Crippen LogP contribution in [0.5, 0.6) is 0 Å². The van der Waals surface area contributed by atoms with Crippen LogP contribution in [0.3, 0.4) is 0 Å². The number of carbonyl (C=O) groups is 3. The number of halogens is 1. The summed E-state index contributed by atoms with van der Waals surface area (Å²) in [4.78, 5) is 33.1. The van der Waals surface area contributed by atoms with Crippen LogP contribution in [0.25, 0.3) is 0 Å². The predicted octanol–water partition coefficient (Wildman–Crippen LogP) is -0.106. The summed E-state index contributed by atoms with van der Waals surface area (Å²) < 4.78 is 20.2. The number of aliphatic hydroxyl groups excluding tert-OH is 1. The van der Waals surface area contributed by atoms with Crippen molar-refractivity contribution in [2.45, 2.75) is 50.2 Å². The lowest BCUT2D eigenvalue weighted by Gasteiger charge is -2.41. The third kappa shape index (κ3) is 5.25. The lowest BCUT2D eigenvalue weighted by molar-refractivity contribution is -0.229. The van der Waals surface area contributed by atoms with Crippen LogP contribution >= 0.6 is 15.9 Å². The minimum absolute atomic E-state index is 0.219. The van der Waals surface area contributed by atoms with Crippen molar-refractivity contribution in [1.82, 2.24) is 0 Å². The second-order valence-electron chi connectivity index (χ2n) is 4.47. The first-order chi connectivity index (χ1) is 9.72. The molecule has 0 aromatic carbocycles. The van der Waals surface area contributed by atoms with Gasteiger partial charge in [0, 0.05) is 20.8 Å². The maximum atomic E-state index is 11.2. The maximum Gasteiger partial charge on any atom is 0.303 e. The highest BCUT2D eigenvalue weighted by Gasteiger charge is 2.48. The second-order valence-corrected chi connectivity index (χ2v) is 5.37. The van der Waals surface area contributed by atoms with Gasteiger partial charge in [-0.2, -0.15) is 0 Å². The second kappa shape index (κ2) is 7.71. The summed E-state index contributed by atoms with van der Waals surface area (Å²) in [7, 11) is 0. The fraction of sp³-hybridized carbons (Fsp3) is 0.750. The fourth-order valence-electron chi connectivity index (χ4n) is 1.86. The van der Waals surface area contributed by atoms with Crippen LogP contribution in [0.2, 0.25) is 0 Å². The van der Waals surface area contributed by atoms with Gasteiger partial charge in [0.1, 0.15) is 18.8 Å². The van der Waals surface area contributed by atoms with Gasteiger partial charge in [-0.15, -0.1) is 0 Å². The van der Waals surface area contributed by atoms with E-state index in [9.17, 15) is 19.5 Å². The van der Waals surface area contributed by atoms with Crippen LogP contribution in [0, 0.1) is 0 Å². The van der Waals surface area contributed by atoms with E-state index in [0.717, 1.165) is 6.92 Å². The third-order valence-corrected chi connectivity index (χ3v) is 3.40. The summed E-state index contributed by atoms with van der Waals surface area (Å²) in [5.74, 6) is -1.80. The minimum Gasteiger partial charge on any atom is -0.463 e. The van der Waals surface area contributed by atoms with Crippen molar-refractivity contribution in [3.8, 4) is 0 Å². The molecule has 1 rings (SSSR count). The molecule has 120 valence electrons. The first kappa shape index (κ1) is 17.9. The Labute approximate surface area is 129 Å². The van der Waals surface area contributed by atoms with Gasteiger partial charge in [0.25, 0.3) is 0 Å². The van der Waals surface area contributed by atoms with E-state index in [1.165, 1.54) is 13.8 Å². The summed E-state index contributed by atoms with van der Waals surface area (Å²) in [5, 5.41) is 9.36. The molecule has 0 amide bonds. The molecule has 1 aliphatic heterocycles. The molecule has 0 aromatic rings. The molecule has 5 atom stereocenters. The zero-order chi connectivity index (χ0) is 16.2. The number of esters is 3. The molecule has 0 aromatic heterocycles. The molecule has 1 N–H and O–H groups in total. The van der Waals surface area contributed by atoms with Crippen molar-refractivity contribution in [1.29, 1.82) is 0 Å². The van der Waals surface area contributed by atoms with Gasteiger partial charge in [0.15, 0.2) is 17.2 Å². The zero-order valence-electron chi connectivity index (χ0n) is 11.8. The van der Waals surface area contributed by atoms with Gasteiger partial charge in [0.2, 0.25) is 0 Å². The molecule has 21 heavy (non-hydrogen) atoms. The first-order valence-electron chi connectivity index (χ1n) is 6.17. The molecule has 3 unspecified atom stereocenters. The number of carbonyl (C=O) groups excluding carboxylic acids is 3. The summed E-state index contributed by atoms with van der Waals surface area (Å²) in [6.07, 6.45) is -4.39. The first-order valence-corrected chi connectivity index (χ1v) is 7.09. The van der Waals surface area contributed by atoms with Gasteiger partial charge < -0.3 is 24.1 Å². The zero-order valence-corrected chi connectivity index (χ0v) is 13.4. The van der Waals surface area contributed by atoms with E-state index in [1.807, 2.05) is 0 Å². The van der Waals surface area contributed by atoms with Crippen LogP contribution in [0.4, 0.5) is 0 Å². The van der Waals surface area contributed by atoms with Gasteiger partial charge in [-0.3, -0.25) is 14.4 Å². The van der Waals surface area contributed by atoms with Crippen molar-refractivity contribution >= 4 is 33.8 Å². The maximum absolute atomic E-state index is 11.2. The summed E-state index contributed by atoms with van der Waals surface area (Å²) in [6, 6.07) is 0. The Morgan fingerprint density at radius 3 is 2.05 bits per heavy atom. The average molecular weight is 369 g/mol. The summed E-state index contributed by atoms with van der Waals surface area (Å²) in [5.41, 5.74) is 0. The fourth-order valence-corrected chi connectivity index (χ4v) is 2.54. The van der Waals surface area contributed by atoms with Crippen LogP contribution in [0.1, 0.15) is 20.8 Å². The van der Waals surface area contributed by atoms with Crippen LogP contribution < -0.4 is 0 Å². The van der Waals surface area contributed by atoms with E-state index in [2.05, 4.69) is 15.9 Å². The van der Waals surface area contributed by atoms with Crippen molar-refractivity contribution < 1.29 is 38.4 Å². The molecular formula is C12H17BrO8. The highest BCUT2D eigenvalue weighted by atomic mass is 79.9. The van der Waals surface area contributed by atoms with Gasteiger partial charge in [-0.05, 0) is 0 Å². The van der Waals surface area contributed by atoms with E-state index in [1.54, 1.807) is 0 Å². The Hall–Kier alpha value is -1.19. The molecule has 1 aliphatic rings. The molecule has 0 bridgehead atoms. The summed E-state index contributed by atoms with van der Waals surface area (Å²) in [6.45, 7) is 3.34. The Morgan fingerprint density at radius 1 is 1.05 bits per heavy atom. The van der Waals surface area contributed by atoms with Gasteiger partial charge in [0.05, 0.1) is 0 Å². The third-order valence-electron chi connectivity index (χ3n) is 2.66. The molecule has 8 nitrogen and oxygen atoms in total. The van der Waals surface area contributed by atoms with Crippen LogP contribution in [0.15, 0.2) is 0 Å². The average Bonchev–Trinajstić information content (AvgIpc) is 2.35. The molecule has 0 aliphatic carbocycles. The SMILES string of the molecule is CC(=O)OCC1O[C@H](Br)C(OC(C)=O)C(OC(C)=O)[C@@H]1O. The number of hydrogen-bond donors (Lipinski definition) is 1. The largest absolute Gasteiger partial charge is 0.463 e. The molecule has 0 saturated carbocycles. The molecule has 1 fully saturated rings. The lowest BCUT2D eigenvalue weighted by atomic mass is 10.00. The van der Waals surface area contributed by atoms with Crippen molar-refractivity contribution in [3.63, 3.8) is 0 Å². The Kier molecular flexibility index (Phi) is 6.56. The van der Waals surface area contributed by atoms with E-state index < -0.39 is 47.3 Å². The van der Waals surface area contributed by atoms with Gasteiger partial charge in [-0.25, -0.2) is 0 Å². The van der Waals surface area contributed by atoms with Gasteiger partial charge in [-0.1, -0.05) is 15.9 Å². The highest BCUT2D eigenvalue weighted by Crippen LogP contribution is 2.29. The molecular weight excluding hydrogens is 352 g/mol. The van der Waals surface area contributed by atoms with Crippen molar-refractivity contribution in [2.24, 2.45) is 0 Å². The van der Waals surface area contributed by atoms with Gasteiger partial charge >= 0.3 is 17.9 Å². The number of aliphatic hydroxyl groups is 1. The molecule has 0 radical (unpaired) electrons. The monoisotopic (exact) mass is 368 g/mol. The number of hydrogen-bond acceptors (Lipinski definition) is 8. The van der Waals surface area contributed by atoms with Crippen molar-refractivity contribution in [2.75, 3.05) is 6.61 Å². The lowest BCUT2D eigenvalue weighted by Crippen LogP contribution is -2.59. The van der Waals surface area contributed by atoms with E-state index in [4.69, 9.17) is 18.9 Å². The normalized spacial score (nSPS) is 32.1. The quantitative estimate of drug-likeness (QED) is 0.416. The predicted molar refractivity (Wildman–Crippen MR) is 71.3 cm³/mol. The van der Waals surface area contributed by atoms with Crippen LogP contribution in [-0.4, -0.2) is 59.1 Å². The number of alkyl halides is 1.